The second kappa shape index (κ2) is 10.9. The molecule has 6 nitrogen and oxygen atoms in total. The predicted octanol–water partition coefficient (Wildman–Crippen LogP) is 4.89. The maximum Gasteiger partial charge on any atom is 0.295 e. The van der Waals surface area contributed by atoms with Crippen molar-refractivity contribution in [1.29, 1.82) is 0 Å². The summed E-state index contributed by atoms with van der Waals surface area (Å²) in [7, 11) is 0. The van der Waals surface area contributed by atoms with E-state index in [2.05, 4.69) is 18.7 Å². The first-order valence-electron chi connectivity index (χ1n) is 11.3. The van der Waals surface area contributed by atoms with Gasteiger partial charge in [-0.1, -0.05) is 37.6 Å². The molecule has 0 saturated carbocycles. The van der Waals surface area contributed by atoms with Crippen LogP contribution in [0.4, 0.5) is 0 Å². The maximum atomic E-state index is 13.1. The number of aliphatic hydroxyl groups is 1. The quantitative estimate of drug-likeness (QED) is 0.321. The predicted molar refractivity (Wildman–Crippen MR) is 130 cm³/mol. The number of hydrogen-bond acceptors (Lipinski definition) is 5. The Balaban J connectivity index is 2.05. The van der Waals surface area contributed by atoms with Crippen LogP contribution >= 0.6 is 11.6 Å². The lowest BCUT2D eigenvalue weighted by Crippen LogP contribution is -2.38. The molecule has 1 atom stereocenters. The number of benzene rings is 2. The SMILES string of the molecule is CCN(CC)CCN1C(=O)C(=O)C(=C(O)c2ccc(OC(C)C)cc2)[C@H]1c1cccc(Cl)c1. The van der Waals surface area contributed by atoms with Crippen LogP contribution in [0, 0.1) is 0 Å². The van der Waals surface area contributed by atoms with Crippen molar-refractivity contribution in [1.82, 2.24) is 9.80 Å². The molecule has 1 aliphatic rings. The summed E-state index contributed by atoms with van der Waals surface area (Å²) in [6.45, 7) is 10.6. The van der Waals surface area contributed by atoms with Crippen molar-refractivity contribution in [3.8, 4) is 5.75 Å². The molecular formula is C26H31ClN2O4. The Morgan fingerprint density at radius 1 is 1.12 bits per heavy atom. The average Bonchev–Trinajstić information content (AvgIpc) is 3.04. The Hall–Kier alpha value is -2.83. The Labute approximate surface area is 200 Å². The molecular weight excluding hydrogens is 440 g/mol. The molecule has 1 fully saturated rings. The summed E-state index contributed by atoms with van der Waals surface area (Å²) in [5.41, 5.74) is 1.20. The zero-order valence-electron chi connectivity index (χ0n) is 19.5. The van der Waals surface area contributed by atoms with E-state index < -0.39 is 17.7 Å². The monoisotopic (exact) mass is 470 g/mol. The number of amides is 1. The lowest BCUT2D eigenvalue weighted by molar-refractivity contribution is -0.140. The van der Waals surface area contributed by atoms with E-state index in [1.165, 1.54) is 4.90 Å². The van der Waals surface area contributed by atoms with Crippen molar-refractivity contribution in [3.63, 3.8) is 0 Å². The molecule has 1 N–H and O–H groups in total. The second-order valence-corrected chi connectivity index (χ2v) is 8.70. The Bertz CT molecular complexity index is 1030. The van der Waals surface area contributed by atoms with Gasteiger partial charge in [-0.05, 0) is 68.9 Å². The topological polar surface area (TPSA) is 70.1 Å². The number of likely N-dealkylation sites (tertiary alicyclic amines) is 1. The molecule has 3 rings (SSSR count). The fourth-order valence-corrected chi connectivity index (χ4v) is 4.24. The molecule has 1 heterocycles. The Kier molecular flexibility index (Phi) is 8.16. The summed E-state index contributed by atoms with van der Waals surface area (Å²) in [4.78, 5) is 29.9. The molecule has 1 aliphatic heterocycles. The summed E-state index contributed by atoms with van der Waals surface area (Å²) >= 11 is 6.23. The van der Waals surface area contributed by atoms with E-state index >= 15 is 0 Å². The number of likely N-dealkylation sites (N-methyl/N-ethyl adjacent to an activating group) is 1. The second-order valence-electron chi connectivity index (χ2n) is 8.27. The van der Waals surface area contributed by atoms with Crippen LogP contribution in [0.15, 0.2) is 54.1 Å². The van der Waals surface area contributed by atoms with Gasteiger partial charge in [0.25, 0.3) is 11.7 Å². The van der Waals surface area contributed by atoms with Crippen LogP contribution < -0.4 is 4.74 Å². The highest BCUT2D eigenvalue weighted by molar-refractivity contribution is 6.46. The molecule has 2 aromatic carbocycles. The third kappa shape index (κ3) is 5.57. The highest BCUT2D eigenvalue weighted by Crippen LogP contribution is 2.40. The lowest BCUT2D eigenvalue weighted by atomic mass is 9.95. The minimum Gasteiger partial charge on any atom is -0.507 e. The van der Waals surface area contributed by atoms with Gasteiger partial charge < -0.3 is 19.6 Å². The highest BCUT2D eigenvalue weighted by atomic mass is 35.5. The van der Waals surface area contributed by atoms with Crippen LogP contribution in [0.5, 0.6) is 5.75 Å². The van der Waals surface area contributed by atoms with Gasteiger partial charge in [-0.3, -0.25) is 9.59 Å². The van der Waals surface area contributed by atoms with Crippen molar-refractivity contribution in [2.24, 2.45) is 0 Å². The average molecular weight is 471 g/mol. The van der Waals surface area contributed by atoms with Crippen molar-refractivity contribution in [2.75, 3.05) is 26.2 Å². The first kappa shape index (κ1) is 24.8. The molecule has 33 heavy (non-hydrogen) atoms. The number of carbonyl (C=O) groups excluding carboxylic acids is 2. The maximum absolute atomic E-state index is 13.1. The van der Waals surface area contributed by atoms with Crippen molar-refractivity contribution >= 4 is 29.1 Å². The van der Waals surface area contributed by atoms with E-state index in [-0.39, 0.29) is 17.4 Å². The number of rotatable bonds is 9. The van der Waals surface area contributed by atoms with Gasteiger partial charge in [-0.2, -0.15) is 0 Å². The molecule has 0 aromatic heterocycles. The van der Waals surface area contributed by atoms with Gasteiger partial charge in [0.15, 0.2) is 0 Å². The number of hydrogen-bond donors (Lipinski definition) is 1. The molecule has 0 unspecified atom stereocenters. The molecule has 7 heteroatoms. The van der Waals surface area contributed by atoms with Crippen LogP contribution in [0.1, 0.15) is 44.9 Å². The van der Waals surface area contributed by atoms with Crippen LogP contribution in [-0.2, 0) is 9.59 Å². The fourth-order valence-electron chi connectivity index (χ4n) is 4.04. The normalized spacial score (nSPS) is 17.9. The molecule has 0 radical (unpaired) electrons. The summed E-state index contributed by atoms with van der Waals surface area (Å²) in [6, 6.07) is 13.2. The van der Waals surface area contributed by atoms with E-state index in [1.807, 2.05) is 19.9 Å². The summed E-state index contributed by atoms with van der Waals surface area (Å²) < 4.78 is 5.66. The molecule has 1 amide bonds. The van der Waals surface area contributed by atoms with Crippen LogP contribution in [0.3, 0.4) is 0 Å². The van der Waals surface area contributed by atoms with Crippen LogP contribution in [-0.4, -0.2) is 58.9 Å². The third-order valence-corrected chi connectivity index (χ3v) is 5.99. The minimum atomic E-state index is -0.717. The Morgan fingerprint density at radius 3 is 2.36 bits per heavy atom. The van der Waals surface area contributed by atoms with E-state index in [0.29, 0.717) is 35.0 Å². The standard InChI is InChI=1S/C26H31ClN2O4/c1-5-28(6-2)14-15-29-23(19-8-7-9-20(27)16-19)22(25(31)26(29)32)24(30)18-10-12-21(13-11-18)33-17(3)4/h7-13,16-17,23,30H,5-6,14-15H2,1-4H3/t23-/m1/s1. The van der Waals surface area contributed by atoms with Gasteiger partial charge in [0.2, 0.25) is 0 Å². The van der Waals surface area contributed by atoms with Gasteiger partial charge >= 0.3 is 0 Å². The molecule has 0 bridgehead atoms. The van der Waals surface area contributed by atoms with Crippen molar-refractivity contribution in [3.05, 3.63) is 70.3 Å². The van der Waals surface area contributed by atoms with Crippen molar-refractivity contribution in [2.45, 2.75) is 39.8 Å². The highest BCUT2D eigenvalue weighted by Gasteiger charge is 2.46. The number of nitrogens with zero attached hydrogens (tertiary/aromatic N) is 2. The van der Waals surface area contributed by atoms with Gasteiger partial charge in [-0.25, -0.2) is 0 Å². The number of Topliss-reactive ketones (excluding diaryl/α,β-unsaturated/α-hetero) is 1. The zero-order valence-corrected chi connectivity index (χ0v) is 20.3. The molecule has 176 valence electrons. The van der Waals surface area contributed by atoms with Crippen molar-refractivity contribution < 1.29 is 19.4 Å². The third-order valence-electron chi connectivity index (χ3n) is 5.76. The van der Waals surface area contributed by atoms with Gasteiger partial charge in [0.05, 0.1) is 17.7 Å². The molecule has 0 spiro atoms. The lowest BCUT2D eigenvalue weighted by Gasteiger charge is -2.28. The van der Waals surface area contributed by atoms with Gasteiger partial charge in [-0.15, -0.1) is 0 Å². The van der Waals surface area contributed by atoms with E-state index in [1.54, 1.807) is 42.5 Å². The number of ketones is 1. The summed E-state index contributed by atoms with van der Waals surface area (Å²) in [5, 5.41) is 11.7. The van der Waals surface area contributed by atoms with Gasteiger partial charge in [0.1, 0.15) is 11.5 Å². The smallest absolute Gasteiger partial charge is 0.295 e. The zero-order chi connectivity index (χ0) is 24.1. The van der Waals surface area contributed by atoms with Crippen LogP contribution in [0.2, 0.25) is 5.02 Å². The first-order valence-corrected chi connectivity index (χ1v) is 11.7. The number of carbonyl (C=O) groups is 2. The largest absolute Gasteiger partial charge is 0.507 e. The van der Waals surface area contributed by atoms with E-state index in [4.69, 9.17) is 16.3 Å². The number of aliphatic hydroxyl groups excluding tert-OH is 1. The molecule has 1 saturated heterocycles. The van der Waals surface area contributed by atoms with Crippen LogP contribution in [0.25, 0.3) is 5.76 Å². The first-order chi connectivity index (χ1) is 15.8. The fraction of sp³-hybridized carbons (Fsp3) is 0.385. The minimum absolute atomic E-state index is 0.0170. The number of halogens is 1. The van der Waals surface area contributed by atoms with Gasteiger partial charge in [0, 0.05) is 23.7 Å². The van der Waals surface area contributed by atoms with E-state index in [0.717, 1.165) is 13.1 Å². The Morgan fingerprint density at radius 2 is 1.79 bits per heavy atom. The van der Waals surface area contributed by atoms with E-state index in [9.17, 15) is 14.7 Å². The number of ether oxygens (including phenoxy) is 1. The molecule has 0 aliphatic carbocycles. The summed E-state index contributed by atoms with van der Waals surface area (Å²) in [5.74, 6) is -0.861. The summed E-state index contributed by atoms with van der Waals surface area (Å²) in [6.07, 6.45) is 0.0170. The molecule has 2 aromatic rings.